The van der Waals surface area contributed by atoms with E-state index in [9.17, 15) is 9.59 Å². The molecule has 29 heavy (non-hydrogen) atoms. The van der Waals surface area contributed by atoms with Gasteiger partial charge in [-0.3, -0.25) is 0 Å². The highest BCUT2D eigenvalue weighted by atomic mass is 35.5. The van der Waals surface area contributed by atoms with E-state index in [-0.39, 0.29) is 0 Å². The van der Waals surface area contributed by atoms with E-state index in [2.05, 4.69) is 0 Å². The van der Waals surface area contributed by atoms with Crippen LogP contribution in [0.1, 0.15) is 15.9 Å². The molecule has 0 aliphatic rings. The van der Waals surface area contributed by atoms with Gasteiger partial charge in [-0.15, -0.1) is 0 Å². The normalized spacial score (nSPS) is 10.9. The minimum Gasteiger partial charge on any atom is -0.423 e. The third-order valence-corrected chi connectivity index (χ3v) is 5.06. The third kappa shape index (κ3) is 3.90. The van der Waals surface area contributed by atoms with Gasteiger partial charge in [0.15, 0.2) is 0 Å². The summed E-state index contributed by atoms with van der Waals surface area (Å²) in [5.74, 6) is -0.162. The SMILES string of the molecule is Cc1c(-c2ccc(Cl)cc2)c(=O)oc2ccc(OC(=O)c3ccc(Cl)cc3)cc12. The molecule has 0 fully saturated rings. The van der Waals surface area contributed by atoms with E-state index in [1.54, 1.807) is 66.7 Å². The van der Waals surface area contributed by atoms with Crippen molar-refractivity contribution in [3.63, 3.8) is 0 Å². The monoisotopic (exact) mass is 424 g/mol. The van der Waals surface area contributed by atoms with Crippen LogP contribution in [0.3, 0.4) is 0 Å². The molecule has 4 aromatic rings. The molecular weight excluding hydrogens is 411 g/mol. The van der Waals surface area contributed by atoms with E-state index in [4.69, 9.17) is 32.4 Å². The number of esters is 1. The number of hydrogen-bond donors (Lipinski definition) is 0. The highest BCUT2D eigenvalue weighted by Gasteiger charge is 2.15. The van der Waals surface area contributed by atoms with Gasteiger partial charge in [0, 0.05) is 15.4 Å². The van der Waals surface area contributed by atoms with Crippen LogP contribution in [0.25, 0.3) is 22.1 Å². The van der Waals surface area contributed by atoms with E-state index in [1.165, 1.54) is 0 Å². The lowest BCUT2D eigenvalue weighted by atomic mass is 9.99. The first kappa shape index (κ1) is 19.2. The summed E-state index contributed by atoms with van der Waals surface area (Å²) in [6, 6.07) is 18.3. The molecule has 0 spiro atoms. The molecule has 0 aliphatic heterocycles. The predicted octanol–water partition coefficient (Wildman–Crippen LogP) is 6.29. The van der Waals surface area contributed by atoms with Gasteiger partial charge >= 0.3 is 11.6 Å². The van der Waals surface area contributed by atoms with Gasteiger partial charge in [0.05, 0.1) is 11.1 Å². The number of carbonyl (C=O) groups excluding carboxylic acids is 1. The summed E-state index contributed by atoms with van der Waals surface area (Å²) in [4.78, 5) is 24.9. The molecule has 0 saturated carbocycles. The molecule has 3 aromatic carbocycles. The number of carbonyl (C=O) groups is 1. The highest BCUT2D eigenvalue weighted by molar-refractivity contribution is 6.31. The molecule has 144 valence electrons. The molecule has 0 saturated heterocycles. The zero-order chi connectivity index (χ0) is 20.5. The van der Waals surface area contributed by atoms with Crippen molar-refractivity contribution in [1.29, 1.82) is 0 Å². The third-order valence-electron chi connectivity index (χ3n) is 4.56. The average molecular weight is 425 g/mol. The molecule has 0 N–H and O–H groups in total. The Bertz CT molecular complexity index is 1270. The highest BCUT2D eigenvalue weighted by Crippen LogP contribution is 2.30. The Morgan fingerprint density at radius 2 is 1.52 bits per heavy atom. The van der Waals surface area contributed by atoms with Gasteiger partial charge in [-0.2, -0.15) is 0 Å². The van der Waals surface area contributed by atoms with E-state index >= 15 is 0 Å². The van der Waals surface area contributed by atoms with Crippen LogP contribution in [0.2, 0.25) is 10.0 Å². The second kappa shape index (κ2) is 7.74. The Morgan fingerprint density at radius 3 is 2.17 bits per heavy atom. The summed E-state index contributed by atoms with van der Waals surface area (Å²) in [6.07, 6.45) is 0. The lowest BCUT2D eigenvalue weighted by molar-refractivity contribution is 0.0735. The second-order valence-electron chi connectivity index (χ2n) is 6.45. The van der Waals surface area contributed by atoms with E-state index in [0.717, 1.165) is 5.56 Å². The lowest BCUT2D eigenvalue weighted by Gasteiger charge is -2.10. The maximum Gasteiger partial charge on any atom is 0.344 e. The Labute approximate surface area is 176 Å². The molecule has 1 heterocycles. The summed E-state index contributed by atoms with van der Waals surface area (Å²) < 4.78 is 10.9. The molecule has 0 atom stereocenters. The largest absolute Gasteiger partial charge is 0.423 e. The molecule has 0 radical (unpaired) electrons. The maximum absolute atomic E-state index is 12.5. The van der Waals surface area contributed by atoms with Gasteiger partial charge in [0.25, 0.3) is 0 Å². The number of ether oxygens (including phenoxy) is 1. The Kier molecular flexibility index (Phi) is 5.14. The first-order chi connectivity index (χ1) is 13.9. The Morgan fingerprint density at radius 1 is 0.897 bits per heavy atom. The van der Waals surface area contributed by atoms with Crippen LogP contribution in [0, 0.1) is 6.92 Å². The maximum atomic E-state index is 12.5. The van der Waals surface area contributed by atoms with Crippen molar-refractivity contribution in [3.05, 3.63) is 98.3 Å². The van der Waals surface area contributed by atoms with Crippen molar-refractivity contribution in [2.75, 3.05) is 0 Å². The standard InChI is InChI=1S/C23H14Cl2O4/c1-13-19-12-18(28-22(26)15-4-8-17(25)9-5-15)10-11-20(19)29-23(27)21(13)14-2-6-16(24)7-3-14/h2-12H,1H3. The minimum atomic E-state index is -0.506. The van der Waals surface area contributed by atoms with Crippen molar-refractivity contribution < 1.29 is 13.9 Å². The van der Waals surface area contributed by atoms with Crippen molar-refractivity contribution in [2.45, 2.75) is 6.92 Å². The fraction of sp³-hybridized carbons (Fsp3) is 0.0435. The number of rotatable bonds is 3. The number of hydrogen-bond acceptors (Lipinski definition) is 4. The summed E-state index contributed by atoms with van der Waals surface area (Å²) in [7, 11) is 0. The molecule has 0 bridgehead atoms. The van der Waals surface area contributed by atoms with E-state index in [0.29, 0.717) is 43.5 Å². The molecule has 4 rings (SSSR count). The zero-order valence-corrected chi connectivity index (χ0v) is 16.8. The molecule has 1 aromatic heterocycles. The first-order valence-electron chi connectivity index (χ1n) is 8.73. The quantitative estimate of drug-likeness (QED) is 0.220. The molecule has 6 heteroatoms. The molecule has 0 unspecified atom stereocenters. The van der Waals surface area contributed by atoms with Crippen LogP contribution in [0.4, 0.5) is 0 Å². The van der Waals surface area contributed by atoms with Crippen molar-refractivity contribution in [2.24, 2.45) is 0 Å². The Balaban J connectivity index is 1.75. The second-order valence-corrected chi connectivity index (χ2v) is 7.32. The van der Waals surface area contributed by atoms with Crippen LogP contribution >= 0.6 is 23.2 Å². The van der Waals surface area contributed by atoms with Gasteiger partial charge in [0.2, 0.25) is 0 Å². The zero-order valence-electron chi connectivity index (χ0n) is 15.2. The van der Waals surface area contributed by atoms with Crippen LogP contribution < -0.4 is 10.4 Å². The van der Waals surface area contributed by atoms with E-state index < -0.39 is 11.6 Å². The predicted molar refractivity (Wildman–Crippen MR) is 114 cm³/mol. The number of halogens is 2. The summed E-state index contributed by atoms with van der Waals surface area (Å²) in [6.45, 7) is 1.83. The topological polar surface area (TPSA) is 56.5 Å². The van der Waals surface area contributed by atoms with Gasteiger partial charge in [0.1, 0.15) is 11.3 Å². The van der Waals surface area contributed by atoms with Gasteiger partial charge in [-0.05, 0) is 72.6 Å². The van der Waals surface area contributed by atoms with Gasteiger partial charge < -0.3 is 9.15 Å². The average Bonchev–Trinajstić information content (AvgIpc) is 2.70. The minimum absolute atomic E-state index is 0.344. The van der Waals surface area contributed by atoms with E-state index in [1.807, 2.05) is 6.92 Å². The number of benzene rings is 3. The first-order valence-corrected chi connectivity index (χ1v) is 9.49. The van der Waals surface area contributed by atoms with Crippen molar-refractivity contribution >= 4 is 40.1 Å². The fourth-order valence-corrected chi connectivity index (χ4v) is 3.35. The number of aryl methyl sites for hydroxylation is 1. The molecule has 0 aliphatic carbocycles. The fourth-order valence-electron chi connectivity index (χ4n) is 3.10. The van der Waals surface area contributed by atoms with Crippen molar-refractivity contribution in [3.8, 4) is 16.9 Å². The molecular formula is C23H14Cl2O4. The van der Waals surface area contributed by atoms with Crippen LogP contribution in [-0.2, 0) is 0 Å². The van der Waals surface area contributed by atoms with Gasteiger partial charge in [-0.1, -0.05) is 35.3 Å². The van der Waals surface area contributed by atoms with Crippen LogP contribution in [-0.4, -0.2) is 5.97 Å². The molecule has 4 nitrogen and oxygen atoms in total. The Hall–Kier alpha value is -3.08. The smallest absolute Gasteiger partial charge is 0.344 e. The summed E-state index contributed by atoms with van der Waals surface area (Å²) >= 11 is 11.8. The number of fused-ring (bicyclic) bond motifs is 1. The summed E-state index contributed by atoms with van der Waals surface area (Å²) in [5.41, 5.74) is 2.22. The van der Waals surface area contributed by atoms with Crippen LogP contribution in [0.15, 0.2) is 75.9 Å². The molecule has 0 amide bonds. The summed E-state index contributed by atoms with van der Waals surface area (Å²) in [5, 5.41) is 1.79. The van der Waals surface area contributed by atoms with Gasteiger partial charge in [-0.25, -0.2) is 9.59 Å². The lowest BCUT2D eigenvalue weighted by Crippen LogP contribution is -2.09. The van der Waals surface area contributed by atoms with Crippen LogP contribution in [0.5, 0.6) is 5.75 Å². The van der Waals surface area contributed by atoms with Crippen molar-refractivity contribution in [1.82, 2.24) is 0 Å².